The van der Waals surface area contributed by atoms with Gasteiger partial charge >= 0.3 is 0 Å². The van der Waals surface area contributed by atoms with Crippen molar-refractivity contribution in [2.45, 2.75) is 18.9 Å². The number of aromatic nitrogens is 5. The second-order valence-corrected chi connectivity index (χ2v) is 9.62. The first-order valence-electron chi connectivity index (χ1n) is 11.5. The van der Waals surface area contributed by atoms with Gasteiger partial charge in [0.15, 0.2) is 5.65 Å². The Hall–Kier alpha value is -3.90. The number of aromatic amines is 1. The maximum Gasteiger partial charge on any atom is 0.255 e. The minimum Gasteiger partial charge on any atom is -0.344 e. The standard InChI is InChI=1S/C25H22ClN7O2/c1-3-13-11-33(12-13)25(35)20(14-4-5-14)30-24(34)17-9-27-23-22(17)29-18(10-28-23)21-16-7-6-15(26)8-19(16)32(2)31-21/h1,6-10,13-14,20H,4-5,11-12H2,2H3,(H,27,28)(H,30,34). The van der Waals surface area contributed by atoms with Crippen LogP contribution < -0.4 is 5.32 Å². The van der Waals surface area contributed by atoms with E-state index in [2.05, 4.69) is 26.3 Å². The fraction of sp³-hybridized carbons (Fsp3) is 0.320. The molecule has 0 spiro atoms. The predicted molar refractivity (Wildman–Crippen MR) is 131 cm³/mol. The third-order valence-corrected chi connectivity index (χ3v) is 6.99. The Morgan fingerprint density at radius 3 is 2.86 bits per heavy atom. The van der Waals surface area contributed by atoms with E-state index < -0.39 is 6.04 Å². The van der Waals surface area contributed by atoms with Crippen LogP contribution in [0.5, 0.6) is 0 Å². The number of carbonyl (C=O) groups is 2. The third kappa shape index (κ3) is 3.70. The Labute approximate surface area is 205 Å². The maximum atomic E-state index is 13.3. The van der Waals surface area contributed by atoms with Crippen molar-refractivity contribution in [2.24, 2.45) is 18.9 Å². The van der Waals surface area contributed by atoms with Crippen molar-refractivity contribution in [2.75, 3.05) is 13.1 Å². The Morgan fingerprint density at radius 2 is 2.11 bits per heavy atom. The molecule has 0 radical (unpaired) electrons. The molecule has 1 saturated heterocycles. The molecule has 1 aliphatic carbocycles. The van der Waals surface area contributed by atoms with E-state index in [-0.39, 0.29) is 23.7 Å². The molecule has 4 heterocycles. The molecule has 3 aromatic heterocycles. The van der Waals surface area contributed by atoms with Crippen molar-refractivity contribution in [1.82, 2.24) is 34.9 Å². The van der Waals surface area contributed by atoms with Gasteiger partial charge in [-0.1, -0.05) is 17.5 Å². The smallest absolute Gasteiger partial charge is 0.255 e. The molecular weight excluding hydrogens is 466 g/mol. The van der Waals surface area contributed by atoms with Crippen LogP contribution in [0.4, 0.5) is 0 Å². The van der Waals surface area contributed by atoms with Gasteiger partial charge in [0.25, 0.3) is 5.91 Å². The lowest BCUT2D eigenvalue weighted by molar-refractivity contribution is -0.138. The summed E-state index contributed by atoms with van der Waals surface area (Å²) in [5.74, 6) is 2.48. The van der Waals surface area contributed by atoms with Gasteiger partial charge in [-0.15, -0.1) is 6.42 Å². The fourth-order valence-electron chi connectivity index (χ4n) is 4.59. The summed E-state index contributed by atoms with van der Waals surface area (Å²) in [6, 6.07) is 4.97. The number of rotatable bonds is 5. The van der Waals surface area contributed by atoms with E-state index in [1.807, 2.05) is 19.2 Å². The van der Waals surface area contributed by atoms with E-state index in [9.17, 15) is 9.59 Å². The third-order valence-electron chi connectivity index (χ3n) is 6.76. The van der Waals surface area contributed by atoms with Gasteiger partial charge in [0.05, 0.1) is 23.2 Å². The van der Waals surface area contributed by atoms with Crippen LogP contribution in [0.25, 0.3) is 33.5 Å². The van der Waals surface area contributed by atoms with Crippen LogP contribution >= 0.6 is 11.6 Å². The molecule has 1 aromatic carbocycles. The molecule has 2 aliphatic rings. The number of H-pyrrole nitrogens is 1. The monoisotopic (exact) mass is 487 g/mol. The molecule has 2 amide bonds. The molecule has 35 heavy (non-hydrogen) atoms. The summed E-state index contributed by atoms with van der Waals surface area (Å²) in [4.78, 5) is 40.2. The van der Waals surface area contributed by atoms with Crippen LogP contribution in [0.3, 0.4) is 0 Å². The van der Waals surface area contributed by atoms with E-state index in [1.54, 1.807) is 28.0 Å². The van der Waals surface area contributed by atoms with Gasteiger partial charge in [0.1, 0.15) is 22.9 Å². The minimum absolute atomic E-state index is 0.0717. The van der Waals surface area contributed by atoms with Crippen molar-refractivity contribution in [3.8, 4) is 23.7 Å². The molecule has 10 heteroatoms. The SMILES string of the molecule is C#CC1CN(C(=O)C(NC(=O)c2c[nH]c3ncc(-c4nn(C)c5cc(Cl)ccc45)nc23)C2CC2)C1. The number of benzene rings is 1. The Morgan fingerprint density at radius 1 is 1.31 bits per heavy atom. The molecule has 2 N–H and O–H groups in total. The van der Waals surface area contributed by atoms with Gasteiger partial charge in [-0.3, -0.25) is 14.3 Å². The van der Waals surface area contributed by atoms with E-state index in [0.717, 1.165) is 23.7 Å². The van der Waals surface area contributed by atoms with Crippen molar-refractivity contribution in [3.63, 3.8) is 0 Å². The summed E-state index contributed by atoms with van der Waals surface area (Å²) in [6.45, 7) is 1.08. The topological polar surface area (TPSA) is 109 Å². The largest absolute Gasteiger partial charge is 0.344 e. The summed E-state index contributed by atoms with van der Waals surface area (Å²) in [6.07, 6.45) is 10.5. The summed E-state index contributed by atoms with van der Waals surface area (Å²) in [5, 5.41) is 9.05. The zero-order valence-corrected chi connectivity index (χ0v) is 19.7. The van der Waals surface area contributed by atoms with Gasteiger partial charge in [0, 0.05) is 36.7 Å². The summed E-state index contributed by atoms with van der Waals surface area (Å²) in [5.41, 5.74) is 3.29. The average molecular weight is 488 g/mol. The number of fused-ring (bicyclic) bond motifs is 2. The van der Waals surface area contributed by atoms with Crippen molar-refractivity contribution < 1.29 is 9.59 Å². The minimum atomic E-state index is -0.563. The zero-order valence-electron chi connectivity index (χ0n) is 19.0. The van der Waals surface area contributed by atoms with Gasteiger partial charge in [0.2, 0.25) is 5.91 Å². The molecule has 1 aliphatic heterocycles. The number of amides is 2. The van der Waals surface area contributed by atoms with Crippen LogP contribution in [0.1, 0.15) is 23.2 Å². The normalized spacial score (nSPS) is 16.8. The summed E-state index contributed by atoms with van der Waals surface area (Å²) in [7, 11) is 1.84. The number of aryl methyl sites for hydroxylation is 1. The predicted octanol–water partition coefficient (Wildman–Crippen LogP) is 2.77. The van der Waals surface area contributed by atoms with Crippen LogP contribution in [0, 0.1) is 24.2 Å². The number of halogens is 1. The van der Waals surface area contributed by atoms with E-state index in [4.69, 9.17) is 23.0 Å². The maximum absolute atomic E-state index is 13.3. The highest BCUT2D eigenvalue weighted by molar-refractivity contribution is 6.31. The highest BCUT2D eigenvalue weighted by atomic mass is 35.5. The number of carbonyl (C=O) groups excluding carboxylic acids is 2. The highest BCUT2D eigenvalue weighted by Gasteiger charge is 2.42. The number of likely N-dealkylation sites (tertiary alicyclic amines) is 1. The van der Waals surface area contributed by atoms with Crippen LogP contribution in [-0.2, 0) is 11.8 Å². The van der Waals surface area contributed by atoms with Crippen molar-refractivity contribution in [3.05, 3.63) is 41.2 Å². The fourth-order valence-corrected chi connectivity index (χ4v) is 4.76. The van der Waals surface area contributed by atoms with E-state index in [0.29, 0.717) is 46.2 Å². The second-order valence-electron chi connectivity index (χ2n) is 9.18. The zero-order chi connectivity index (χ0) is 24.3. The number of nitrogens with one attached hydrogen (secondary N) is 2. The molecule has 1 atom stereocenters. The van der Waals surface area contributed by atoms with Gasteiger partial charge < -0.3 is 15.2 Å². The Balaban J connectivity index is 1.30. The molecule has 4 aromatic rings. The van der Waals surface area contributed by atoms with Crippen LogP contribution in [-0.4, -0.2) is 60.6 Å². The molecule has 2 fully saturated rings. The lowest BCUT2D eigenvalue weighted by Gasteiger charge is -2.38. The van der Waals surface area contributed by atoms with Gasteiger partial charge in [-0.2, -0.15) is 5.10 Å². The van der Waals surface area contributed by atoms with Gasteiger partial charge in [-0.25, -0.2) is 9.97 Å². The second kappa shape index (κ2) is 8.10. The highest BCUT2D eigenvalue weighted by Crippen LogP contribution is 2.35. The Bertz CT molecular complexity index is 1540. The first-order valence-corrected chi connectivity index (χ1v) is 11.8. The van der Waals surface area contributed by atoms with Crippen LogP contribution in [0.15, 0.2) is 30.6 Å². The van der Waals surface area contributed by atoms with E-state index >= 15 is 0 Å². The molecular formula is C25H22ClN7O2. The summed E-state index contributed by atoms with van der Waals surface area (Å²) >= 11 is 6.15. The number of hydrogen-bond acceptors (Lipinski definition) is 5. The first-order chi connectivity index (χ1) is 16.9. The summed E-state index contributed by atoms with van der Waals surface area (Å²) < 4.78 is 1.74. The molecule has 9 nitrogen and oxygen atoms in total. The Kier molecular flexibility index (Phi) is 5.00. The molecule has 1 unspecified atom stereocenters. The van der Waals surface area contributed by atoms with Crippen LogP contribution in [0.2, 0.25) is 5.02 Å². The molecule has 1 saturated carbocycles. The number of hydrogen-bond donors (Lipinski definition) is 2. The van der Waals surface area contributed by atoms with E-state index in [1.165, 1.54) is 0 Å². The number of nitrogens with zero attached hydrogens (tertiary/aromatic N) is 5. The van der Waals surface area contributed by atoms with Gasteiger partial charge in [-0.05, 0) is 37.0 Å². The lowest BCUT2D eigenvalue weighted by Crippen LogP contribution is -2.57. The quantitative estimate of drug-likeness (QED) is 0.421. The molecule has 6 rings (SSSR count). The number of terminal acetylenes is 1. The van der Waals surface area contributed by atoms with Crippen molar-refractivity contribution >= 4 is 45.5 Å². The lowest BCUT2D eigenvalue weighted by atomic mass is 9.99. The average Bonchev–Trinajstić information content (AvgIpc) is 3.49. The first kappa shape index (κ1) is 21.6. The van der Waals surface area contributed by atoms with Crippen molar-refractivity contribution in [1.29, 1.82) is 0 Å². The molecule has 176 valence electrons. The molecule has 0 bridgehead atoms.